The van der Waals surface area contributed by atoms with Crippen LogP contribution in [0.5, 0.6) is 0 Å². The van der Waals surface area contributed by atoms with Crippen molar-refractivity contribution in [3.8, 4) is 0 Å². The number of thioether (sulfide) groups is 1. The Balaban J connectivity index is 0. The Hall–Kier alpha value is 0.730. The van der Waals surface area contributed by atoms with E-state index < -0.39 is 21.4 Å². The number of hydrogen-bond donors (Lipinski definition) is 2. The number of carbonyl (C=O) groups is 1. The fraction of sp³-hybridized carbons (Fsp3) is 0.909. The van der Waals surface area contributed by atoms with E-state index in [-0.39, 0.29) is 35.5 Å². The Labute approximate surface area is 142 Å². The van der Waals surface area contributed by atoms with Crippen molar-refractivity contribution in [1.82, 2.24) is 5.32 Å². The van der Waals surface area contributed by atoms with Crippen molar-refractivity contribution >= 4 is 57.3 Å². The molecule has 0 aromatic rings. The van der Waals surface area contributed by atoms with E-state index in [4.69, 9.17) is 4.55 Å². The molecule has 0 rings (SSSR count). The maximum absolute atomic E-state index is 11.6. The Morgan fingerprint density at radius 1 is 1.32 bits per heavy atom. The van der Waals surface area contributed by atoms with Gasteiger partial charge >= 0.3 is 29.6 Å². The summed E-state index contributed by atoms with van der Waals surface area (Å²) >= 11 is 1.72. The molecule has 0 aliphatic heterocycles. The molecule has 8 heteroatoms. The average molecular weight is 321 g/mol. The van der Waals surface area contributed by atoms with Crippen LogP contribution in [0.15, 0.2) is 0 Å². The summed E-state index contributed by atoms with van der Waals surface area (Å²) < 4.78 is 30.3. The van der Waals surface area contributed by atoms with Crippen LogP contribution in [0.3, 0.4) is 0 Å². The van der Waals surface area contributed by atoms with Gasteiger partial charge in [0.15, 0.2) is 0 Å². The summed E-state index contributed by atoms with van der Waals surface area (Å²) in [6.45, 7) is 5.26. The summed E-state index contributed by atoms with van der Waals surface area (Å²) in [4.78, 5) is 11.6. The number of nitrogens with one attached hydrogen (secondary N) is 1. The third-order valence-electron chi connectivity index (χ3n) is 2.14. The summed E-state index contributed by atoms with van der Waals surface area (Å²) in [7, 11) is -4.08. The number of rotatable bonds is 9. The zero-order chi connectivity index (χ0) is 14.2. The van der Waals surface area contributed by atoms with Crippen LogP contribution >= 0.6 is 11.8 Å². The normalized spacial score (nSPS) is 11.8. The molecule has 0 aliphatic rings. The van der Waals surface area contributed by atoms with E-state index in [9.17, 15) is 13.2 Å². The molecule has 0 radical (unpaired) electrons. The van der Waals surface area contributed by atoms with E-state index in [1.54, 1.807) is 25.6 Å². The number of unbranched alkanes of at least 4 members (excludes halogenated alkanes) is 1. The second-order valence-electron chi connectivity index (χ2n) is 4.87. The first-order valence-corrected chi connectivity index (χ1v) is 8.76. The molecule has 5 nitrogen and oxygen atoms in total. The van der Waals surface area contributed by atoms with Crippen molar-refractivity contribution in [1.29, 1.82) is 0 Å². The first-order valence-electron chi connectivity index (χ1n) is 6.00. The van der Waals surface area contributed by atoms with E-state index in [0.717, 1.165) is 24.3 Å². The van der Waals surface area contributed by atoms with Crippen LogP contribution in [0.25, 0.3) is 0 Å². The van der Waals surface area contributed by atoms with Gasteiger partial charge in [-0.1, -0.05) is 13.3 Å². The molecule has 0 saturated heterocycles. The van der Waals surface area contributed by atoms with Gasteiger partial charge in [-0.15, -0.1) is 0 Å². The second kappa shape index (κ2) is 10.5. The summed E-state index contributed by atoms with van der Waals surface area (Å²) in [5.41, 5.74) is -0.946. The average Bonchev–Trinajstić information content (AvgIpc) is 2.12. The molecule has 0 aliphatic carbocycles. The summed E-state index contributed by atoms with van der Waals surface area (Å²) in [6.07, 6.45) is 2.64. The first kappa shape index (κ1) is 22.0. The Kier molecular flexibility index (Phi) is 12.1. The van der Waals surface area contributed by atoms with Gasteiger partial charge in [0.2, 0.25) is 5.91 Å². The molecule has 0 heterocycles. The van der Waals surface area contributed by atoms with Gasteiger partial charge in [0.1, 0.15) is 0 Å². The summed E-state index contributed by atoms with van der Waals surface area (Å²) in [5, 5.41) is 2.61. The Morgan fingerprint density at radius 2 is 1.89 bits per heavy atom. The molecule has 110 valence electrons. The number of amides is 1. The molecule has 19 heavy (non-hydrogen) atoms. The molecule has 0 bridgehead atoms. The Bertz CT molecular complexity index is 358. The predicted molar refractivity (Wildman–Crippen MR) is 82.6 cm³/mol. The van der Waals surface area contributed by atoms with Crippen molar-refractivity contribution in [2.75, 3.05) is 17.3 Å². The Morgan fingerprint density at radius 3 is 2.37 bits per heavy atom. The molecular formula is C11H24NNaO4S2. The fourth-order valence-electron chi connectivity index (χ4n) is 1.45. The van der Waals surface area contributed by atoms with Crippen LogP contribution in [-0.2, 0) is 14.9 Å². The third kappa shape index (κ3) is 14.9. The third-order valence-corrected chi connectivity index (χ3v) is 4.29. The standard InChI is InChI=1S/C11H23NO4S2.Na.H/c1-4-5-7-17-8-6-10(13)12-11(2,3)9-18(14,15)16;;/h4-9H2,1-3H3,(H,12,13)(H,14,15,16);;. The number of carbonyl (C=O) groups excluding carboxylic acids is 1. The fourth-order valence-corrected chi connectivity index (χ4v) is 3.46. The van der Waals surface area contributed by atoms with Crippen molar-refractivity contribution in [3.05, 3.63) is 0 Å². The molecule has 2 N–H and O–H groups in total. The van der Waals surface area contributed by atoms with Crippen LogP contribution in [0.1, 0.15) is 40.0 Å². The van der Waals surface area contributed by atoms with Gasteiger partial charge in [-0.25, -0.2) is 0 Å². The first-order chi connectivity index (χ1) is 8.16. The molecule has 1 amide bonds. The second-order valence-corrected chi connectivity index (χ2v) is 7.55. The molecule has 0 spiro atoms. The summed E-state index contributed by atoms with van der Waals surface area (Å²) in [6, 6.07) is 0. The van der Waals surface area contributed by atoms with Crippen molar-refractivity contribution in [3.63, 3.8) is 0 Å². The van der Waals surface area contributed by atoms with Crippen LogP contribution in [0.2, 0.25) is 0 Å². The van der Waals surface area contributed by atoms with Crippen LogP contribution in [0.4, 0.5) is 0 Å². The quantitative estimate of drug-likeness (QED) is 0.377. The van der Waals surface area contributed by atoms with Crippen LogP contribution < -0.4 is 5.32 Å². The van der Waals surface area contributed by atoms with Crippen molar-refractivity contribution in [2.24, 2.45) is 0 Å². The van der Waals surface area contributed by atoms with Crippen LogP contribution in [0, 0.1) is 0 Å². The zero-order valence-corrected chi connectivity index (χ0v) is 12.9. The van der Waals surface area contributed by atoms with Gasteiger partial charge in [0.25, 0.3) is 10.1 Å². The molecule has 0 atom stereocenters. The molecule has 0 saturated carbocycles. The molecule has 0 unspecified atom stereocenters. The van der Waals surface area contributed by atoms with E-state index in [0.29, 0.717) is 6.42 Å². The van der Waals surface area contributed by atoms with Gasteiger partial charge in [0, 0.05) is 12.2 Å². The van der Waals surface area contributed by atoms with Crippen LogP contribution in [-0.4, -0.2) is 71.2 Å². The molecule has 0 aromatic heterocycles. The monoisotopic (exact) mass is 321 g/mol. The van der Waals surface area contributed by atoms with E-state index in [2.05, 4.69) is 12.2 Å². The van der Waals surface area contributed by atoms with Gasteiger partial charge < -0.3 is 5.32 Å². The maximum atomic E-state index is 11.6. The minimum absolute atomic E-state index is 0. The molecule has 0 fully saturated rings. The van der Waals surface area contributed by atoms with Crippen molar-refractivity contribution < 1.29 is 17.8 Å². The molecular weight excluding hydrogens is 297 g/mol. The minimum atomic E-state index is -4.08. The zero-order valence-electron chi connectivity index (χ0n) is 11.2. The van der Waals surface area contributed by atoms with E-state index in [1.165, 1.54) is 0 Å². The van der Waals surface area contributed by atoms with Gasteiger partial charge in [-0.2, -0.15) is 20.2 Å². The topological polar surface area (TPSA) is 83.5 Å². The predicted octanol–water partition coefficient (Wildman–Crippen LogP) is 1.04. The van der Waals surface area contributed by atoms with Gasteiger partial charge in [-0.05, 0) is 26.0 Å². The van der Waals surface area contributed by atoms with Crippen molar-refractivity contribution in [2.45, 2.75) is 45.6 Å². The molecule has 0 aromatic carbocycles. The van der Waals surface area contributed by atoms with Gasteiger partial charge in [0.05, 0.1) is 11.3 Å². The van der Waals surface area contributed by atoms with E-state index in [1.807, 2.05) is 0 Å². The van der Waals surface area contributed by atoms with E-state index >= 15 is 0 Å². The van der Waals surface area contributed by atoms with Gasteiger partial charge in [-0.3, -0.25) is 9.35 Å². The SMILES string of the molecule is CCCCSCCC(=O)NC(C)(C)CS(=O)(=O)O.[NaH]. The summed E-state index contributed by atoms with van der Waals surface area (Å²) in [5.74, 6) is 1.10. The number of hydrogen-bond acceptors (Lipinski definition) is 4.